The van der Waals surface area contributed by atoms with Gasteiger partial charge in [-0.15, -0.1) is 0 Å². The van der Waals surface area contributed by atoms with E-state index < -0.39 is 28.1 Å². The molecule has 8 heteroatoms. The predicted octanol–water partition coefficient (Wildman–Crippen LogP) is 0.737. The summed E-state index contributed by atoms with van der Waals surface area (Å²) in [7, 11) is -3.62. The van der Waals surface area contributed by atoms with Gasteiger partial charge in [-0.25, -0.2) is 18.1 Å². The molecule has 0 aromatic heterocycles. The van der Waals surface area contributed by atoms with Crippen molar-refractivity contribution < 1.29 is 22.7 Å². The molecule has 0 radical (unpaired) electrons. The van der Waals surface area contributed by atoms with E-state index >= 15 is 0 Å². The summed E-state index contributed by atoms with van der Waals surface area (Å²) in [5.74, 6) is -0.412. The van der Waals surface area contributed by atoms with Gasteiger partial charge < -0.3 is 4.74 Å². The molecule has 0 saturated carbocycles. The molecule has 1 atom stereocenters. The molecule has 2 saturated heterocycles. The highest BCUT2D eigenvalue weighted by Crippen LogP contribution is 2.25. The summed E-state index contributed by atoms with van der Waals surface area (Å²) in [4.78, 5) is 24.5. The van der Waals surface area contributed by atoms with Crippen molar-refractivity contribution >= 4 is 22.0 Å². The Bertz CT molecular complexity index is 715. The van der Waals surface area contributed by atoms with E-state index in [0.717, 1.165) is 10.5 Å². The lowest BCUT2D eigenvalue weighted by Crippen LogP contribution is -2.42. The minimum Gasteiger partial charge on any atom is -0.439 e. The van der Waals surface area contributed by atoms with Gasteiger partial charge in [0.25, 0.3) is 5.91 Å². The molecule has 0 aliphatic carbocycles. The second kappa shape index (κ2) is 5.36. The summed E-state index contributed by atoms with van der Waals surface area (Å²) >= 11 is 0. The number of cyclic esters (lactones) is 1. The molecule has 2 aliphatic rings. The minimum atomic E-state index is -3.62. The van der Waals surface area contributed by atoms with Gasteiger partial charge in [-0.2, -0.15) is 4.31 Å². The van der Waals surface area contributed by atoms with Crippen LogP contribution in [-0.2, 0) is 19.6 Å². The second-order valence-electron chi connectivity index (χ2n) is 5.44. The molecule has 1 aromatic carbocycles. The Hall–Kier alpha value is -1.93. The average molecular weight is 324 g/mol. The van der Waals surface area contributed by atoms with E-state index in [9.17, 15) is 18.0 Å². The highest BCUT2D eigenvalue weighted by atomic mass is 32.2. The molecule has 0 spiro atoms. The molecule has 1 unspecified atom stereocenters. The molecule has 118 valence electrons. The van der Waals surface area contributed by atoms with E-state index in [0.29, 0.717) is 6.42 Å². The van der Waals surface area contributed by atoms with Gasteiger partial charge in [-0.05, 0) is 31.0 Å². The van der Waals surface area contributed by atoms with Gasteiger partial charge in [0.1, 0.15) is 0 Å². The Labute approximate surface area is 128 Å². The predicted molar refractivity (Wildman–Crippen MR) is 76.5 cm³/mol. The van der Waals surface area contributed by atoms with Gasteiger partial charge in [-0.1, -0.05) is 12.1 Å². The van der Waals surface area contributed by atoms with E-state index in [-0.39, 0.29) is 24.6 Å². The molecule has 2 amide bonds. The largest absolute Gasteiger partial charge is 0.439 e. The Morgan fingerprint density at radius 3 is 2.68 bits per heavy atom. The topological polar surface area (TPSA) is 84.0 Å². The average Bonchev–Trinajstić information content (AvgIpc) is 3.06. The molecule has 3 rings (SSSR count). The summed E-state index contributed by atoms with van der Waals surface area (Å²) in [6, 6.07) is 6.21. The van der Waals surface area contributed by atoms with Crippen molar-refractivity contribution in [2.45, 2.75) is 24.3 Å². The van der Waals surface area contributed by atoms with Crippen LogP contribution in [0.4, 0.5) is 4.79 Å². The van der Waals surface area contributed by atoms with Crippen LogP contribution in [0.25, 0.3) is 0 Å². The van der Waals surface area contributed by atoms with Crippen molar-refractivity contribution in [3.05, 3.63) is 29.8 Å². The monoisotopic (exact) mass is 324 g/mol. The lowest BCUT2D eigenvalue weighted by Gasteiger charge is -2.20. The van der Waals surface area contributed by atoms with Crippen LogP contribution in [-0.4, -0.2) is 55.4 Å². The van der Waals surface area contributed by atoms with E-state index in [1.54, 1.807) is 18.2 Å². The third kappa shape index (κ3) is 2.48. The number of rotatable bonds is 3. The van der Waals surface area contributed by atoms with Crippen molar-refractivity contribution in [1.82, 2.24) is 9.21 Å². The summed E-state index contributed by atoms with van der Waals surface area (Å²) in [6.07, 6.45) is -0.267. The number of carbonyl (C=O) groups is 2. The maximum absolute atomic E-state index is 12.6. The zero-order valence-corrected chi connectivity index (χ0v) is 12.9. The van der Waals surface area contributed by atoms with Crippen LogP contribution in [0.1, 0.15) is 12.0 Å². The molecule has 0 N–H and O–H groups in total. The fourth-order valence-corrected chi connectivity index (χ4v) is 4.38. The second-order valence-corrected chi connectivity index (χ2v) is 7.38. The fourth-order valence-electron chi connectivity index (χ4n) is 2.78. The van der Waals surface area contributed by atoms with Crippen molar-refractivity contribution in [2.24, 2.45) is 0 Å². The molecule has 0 bridgehead atoms. The number of hydrogen-bond donors (Lipinski definition) is 0. The third-order valence-electron chi connectivity index (χ3n) is 3.90. The van der Waals surface area contributed by atoms with Gasteiger partial charge in [0.15, 0.2) is 6.61 Å². The number of benzene rings is 1. The Kier molecular flexibility index (Phi) is 3.65. The summed E-state index contributed by atoms with van der Waals surface area (Å²) in [5.41, 5.74) is 0.857. The quantitative estimate of drug-likeness (QED) is 0.819. The molecule has 22 heavy (non-hydrogen) atoms. The van der Waals surface area contributed by atoms with Gasteiger partial charge >= 0.3 is 6.09 Å². The lowest BCUT2D eigenvalue weighted by molar-refractivity contribution is -0.127. The Morgan fingerprint density at radius 1 is 1.27 bits per heavy atom. The van der Waals surface area contributed by atoms with Crippen LogP contribution < -0.4 is 0 Å². The number of ether oxygens (including phenoxy) is 1. The SMILES string of the molecule is Cc1cccc(S(=O)(=O)N2CCC(N3C(=O)COC3=O)C2)c1. The zero-order chi connectivity index (χ0) is 15.9. The summed E-state index contributed by atoms with van der Waals surface area (Å²) in [6.45, 7) is 1.94. The van der Waals surface area contributed by atoms with Gasteiger partial charge in [0, 0.05) is 13.1 Å². The standard InChI is InChI=1S/C14H16N2O5S/c1-10-3-2-4-12(7-10)22(19,20)15-6-5-11(8-15)16-13(17)9-21-14(16)18/h2-4,7,11H,5-6,8-9H2,1H3. The van der Waals surface area contributed by atoms with Crippen LogP contribution in [0.3, 0.4) is 0 Å². The van der Waals surface area contributed by atoms with E-state index in [1.165, 1.54) is 4.31 Å². The first-order valence-corrected chi connectivity index (χ1v) is 8.39. The molecular weight excluding hydrogens is 308 g/mol. The minimum absolute atomic E-state index is 0.108. The van der Waals surface area contributed by atoms with E-state index in [4.69, 9.17) is 0 Å². The first kappa shape index (κ1) is 15.0. The smallest absolute Gasteiger partial charge is 0.417 e. The van der Waals surface area contributed by atoms with E-state index in [2.05, 4.69) is 4.74 Å². The highest BCUT2D eigenvalue weighted by Gasteiger charge is 2.43. The molecule has 2 aliphatic heterocycles. The molecule has 1 aromatic rings. The Morgan fingerprint density at radius 2 is 2.05 bits per heavy atom. The summed E-state index contributed by atoms with van der Waals surface area (Å²) < 4.78 is 31.2. The molecular formula is C14H16N2O5S. The number of imide groups is 1. The van der Waals surface area contributed by atoms with Crippen LogP contribution in [0.2, 0.25) is 0 Å². The number of carbonyl (C=O) groups excluding carboxylic acids is 2. The third-order valence-corrected chi connectivity index (χ3v) is 5.76. The first-order chi connectivity index (χ1) is 10.4. The van der Waals surface area contributed by atoms with Crippen molar-refractivity contribution in [1.29, 1.82) is 0 Å². The van der Waals surface area contributed by atoms with Crippen LogP contribution in [0.5, 0.6) is 0 Å². The lowest BCUT2D eigenvalue weighted by atomic mass is 10.2. The highest BCUT2D eigenvalue weighted by molar-refractivity contribution is 7.89. The number of sulfonamides is 1. The van der Waals surface area contributed by atoms with Crippen LogP contribution in [0.15, 0.2) is 29.2 Å². The maximum atomic E-state index is 12.6. The maximum Gasteiger partial charge on any atom is 0.417 e. The number of nitrogens with zero attached hydrogens (tertiary/aromatic N) is 2. The van der Waals surface area contributed by atoms with Crippen molar-refractivity contribution in [3.63, 3.8) is 0 Å². The van der Waals surface area contributed by atoms with Crippen LogP contribution >= 0.6 is 0 Å². The van der Waals surface area contributed by atoms with Gasteiger partial charge in [0.2, 0.25) is 10.0 Å². The number of aryl methyl sites for hydroxylation is 1. The fraction of sp³-hybridized carbons (Fsp3) is 0.429. The van der Waals surface area contributed by atoms with Gasteiger partial charge in [0.05, 0.1) is 10.9 Å². The molecule has 2 fully saturated rings. The first-order valence-electron chi connectivity index (χ1n) is 6.95. The summed E-state index contributed by atoms with van der Waals surface area (Å²) in [5, 5.41) is 0. The zero-order valence-electron chi connectivity index (χ0n) is 12.1. The van der Waals surface area contributed by atoms with Gasteiger partial charge in [-0.3, -0.25) is 4.79 Å². The normalized spacial score (nSPS) is 23.1. The van der Waals surface area contributed by atoms with Crippen molar-refractivity contribution in [2.75, 3.05) is 19.7 Å². The molecule has 2 heterocycles. The van der Waals surface area contributed by atoms with E-state index in [1.807, 2.05) is 13.0 Å². The number of amides is 2. The Balaban J connectivity index is 1.80. The molecule has 7 nitrogen and oxygen atoms in total. The number of hydrogen-bond acceptors (Lipinski definition) is 5. The van der Waals surface area contributed by atoms with Crippen molar-refractivity contribution in [3.8, 4) is 0 Å². The van der Waals surface area contributed by atoms with Crippen LogP contribution in [0, 0.1) is 6.92 Å².